The number of ether oxygens (including phenoxy) is 1. The maximum atomic E-state index is 13.7. The van der Waals surface area contributed by atoms with Gasteiger partial charge in [-0.1, -0.05) is 11.8 Å². The minimum Gasteiger partial charge on any atom is -0.494 e. The highest BCUT2D eigenvalue weighted by atomic mass is 32.2. The molecule has 4 aromatic rings. The number of aromatic nitrogens is 3. The second-order valence-electron chi connectivity index (χ2n) is 6.51. The molecule has 1 N–H and O–H groups in total. The molecule has 9 heteroatoms. The van der Waals surface area contributed by atoms with Crippen molar-refractivity contribution in [2.75, 3.05) is 17.7 Å². The van der Waals surface area contributed by atoms with E-state index in [0.717, 1.165) is 40.7 Å². The first-order chi connectivity index (χ1) is 15.0. The average molecular weight is 440 g/mol. The first-order valence-corrected chi connectivity index (χ1v) is 10.5. The summed E-state index contributed by atoms with van der Waals surface area (Å²) in [4.78, 5) is 16.5. The molecule has 0 unspecified atom stereocenters. The van der Waals surface area contributed by atoms with Crippen LogP contribution in [0.4, 0.5) is 14.5 Å². The smallest absolute Gasteiger partial charge is 0.234 e. The van der Waals surface area contributed by atoms with E-state index in [2.05, 4.69) is 15.4 Å². The second kappa shape index (κ2) is 9.13. The van der Waals surface area contributed by atoms with Gasteiger partial charge in [-0.25, -0.2) is 18.3 Å². The zero-order chi connectivity index (χ0) is 21.8. The third kappa shape index (κ3) is 4.83. The van der Waals surface area contributed by atoms with Crippen molar-refractivity contribution >= 4 is 28.9 Å². The molecule has 0 spiro atoms. The van der Waals surface area contributed by atoms with Crippen LogP contribution in [0, 0.1) is 11.6 Å². The molecule has 2 heterocycles. The minimum absolute atomic E-state index is 0.0216. The highest BCUT2D eigenvalue weighted by Crippen LogP contribution is 2.27. The summed E-state index contributed by atoms with van der Waals surface area (Å²) in [5.41, 5.74) is 2.21. The summed E-state index contributed by atoms with van der Waals surface area (Å²) in [6.45, 7) is 2.52. The molecule has 2 aromatic heterocycles. The molecular weight excluding hydrogens is 422 g/mol. The maximum absolute atomic E-state index is 13.7. The molecule has 6 nitrogen and oxygen atoms in total. The Morgan fingerprint density at radius 1 is 1.16 bits per heavy atom. The zero-order valence-electron chi connectivity index (χ0n) is 16.5. The van der Waals surface area contributed by atoms with Gasteiger partial charge in [0.05, 0.1) is 29.3 Å². The number of benzene rings is 2. The van der Waals surface area contributed by atoms with Crippen molar-refractivity contribution in [1.29, 1.82) is 0 Å². The molecule has 2 aromatic carbocycles. The van der Waals surface area contributed by atoms with E-state index in [1.54, 1.807) is 16.9 Å². The number of amides is 1. The topological polar surface area (TPSA) is 68.5 Å². The quantitative estimate of drug-likeness (QED) is 0.418. The zero-order valence-corrected chi connectivity index (χ0v) is 17.3. The van der Waals surface area contributed by atoms with Gasteiger partial charge in [-0.15, -0.1) is 0 Å². The van der Waals surface area contributed by atoms with Gasteiger partial charge in [0, 0.05) is 24.0 Å². The van der Waals surface area contributed by atoms with E-state index in [0.29, 0.717) is 11.6 Å². The Kier molecular flexibility index (Phi) is 6.13. The van der Waals surface area contributed by atoms with Crippen molar-refractivity contribution in [3.63, 3.8) is 0 Å². The number of anilines is 1. The van der Waals surface area contributed by atoms with Gasteiger partial charge in [0.2, 0.25) is 5.91 Å². The third-order valence-corrected chi connectivity index (χ3v) is 5.35. The van der Waals surface area contributed by atoms with Gasteiger partial charge in [-0.3, -0.25) is 4.79 Å². The number of fused-ring (bicyclic) bond motifs is 1. The SMILES string of the molecule is CCOc1ccc(-c2cc3c(SCC(=O)Nc4cc(F)ccc4F)nccn3n2)cc1. The molecule has 0 radical (unpaired) electrons. The molecule has 158 valence electrons. The van der Waals surface area contributed by atoms with Crippen molar-refractivity contribution in [2.45, 2.75) is 11.9 Å². The molecule has 0 bridgehead atoms. The predicted octanol–water partition coefficient (Wildman–Crippen LogP) is 4.80. The van der Waals surface area contributed by atoms with Crippen molar-refractivity contribution in [2.24, 2.45) is 0 Å². The second-order valence-corrected chi connectivity index (χ2v) is 7.47. The third-order valence-electron chi connectivity index (χ3n) is 4.36. The van der Waals surface area contributed by atoms with E-state index in [1.165, 1.54) is 11.8 Å². The Morgan fingerprint density at radius 2 is 1.97 bits per heavy atom. The number of rotatable bonds is 7. The van der Waals surface area contributed by atoms with Crippen LogP contribution in [-0.4, -0.2) is 32.9 Å². The van der Waals surface area contributed by atoms with Crippen molar-refractivity contribution < 1.29 is 18.3 Å². The molecule has 0 saturated carbocycles. The van der Waals surface area contributed by atoms with Crippen LogP contribution in [0.3, 0.4) is 0 Å². The van der Waals surface area contributed by atoms with Crippen LogP contribution in [-0.2, 0) is 4.79 Å². The summed E-state index contributed by atoms with van der Waals surface area (Å²) >= 11 is 1.18. The number of nitrogens with zero attached hydrogens (tertiary/aromatic N) is 3. The summed E-state index contributed by atoms with van der Waals surface area (Å²) in [6.07, 6.45) is 3.31. The fraction of sp³-hybridized carbons (Fsp3) is 0.136. The summed E-state index contributed by atoms with van der Waals surface area (Å²) < 4.78 is 34.1. The van der Waals surface area contributed by atoms with Crippen molar-refractivity contribution in [3.05, 3.63) is 72.6 Å². The predicted molar refractivity (Wildman–Crippen MR) is 115 cm³/mol. The van der Waals surface area contributed by atoms with Gasteiger partial charge >= 0.3 is 0 Å². The Morgan fingerprint density at radius 3 is 2.74 bits per heavy atom. The molecule has 4 rings (SSSR count). The molecule has 0 atom stereocenters. The number of nitrogens with one attached hydrogen (secondary N) is 1. The minimum atomic E-state index is -0.698. The van der Waals surface area contributed by atoms with Crippen LogP contribution in [0.2, 0.25) is 0 Å². The lowest BCUT2D eigenvalue weighted by Crippen LogP contribution is -2.15. The summed E-state index contributed by atoms with van der Waals surface area (Å²) in [7, 11) is 0. The van der Waals surface area contributed by atoms with Crippen LogP contribution in [0.1, 0.15) is 6.92 Å². The number of thioether (sulfide) groups is 1. The number of halogens is 2. The number of hydrogen-bond acceptors (Lipinski definition) is 5. The molecular formula is C22H18F2N4O2S. The van der Waals surface area contributed by atoms with Crippen LogP contribution >= 0.6 is 11.8 Å². The Hall–Kier alpha value is -3.46. The molecule has 0 aliphatic carbocycles. The molecule has 1 amide bonds. The van der Waals surface area contributed by atoms with Crippen molar-refractivity contribution in [3.8, 4) is 17.0 Å². The van der Waals surface area contributed by atoms with Crippen LogP contribution in [0.25, 0.3) is 16.8 Å². The maximum Gasteiger partial charge on any atom is 0.234 e. The molecule has 0 fully saturated rings. The highest BCUT2D eigenvalue weighted by molar-refractivity contribution is 8.00. The van der Waals surface area contributed by atoms with E-state index < -0.39 is 17.5 Å². The monoisotopic (exact) mass is 440 g/mol. The van der Waals surface area contributed by atoms with E-state index in [-0.39, 0.29) is 11.4 Å². The highest BCUT2D eigenvalue weighted by Gasteiger charge is 2.13. The van der Waals surface area contributed by atoms with Crippen LogP contribution in [0.15, 0.2) is 66.0 Å². The van der Waals surface area contributed by atoms with Gasteiger partial charge in [0.15, 0.2) is 0 Å². The van der Waals surface area contributed by atoms with E-state index in [1.807, 2.05) is 37.3 Å². The van der Waals surface area contributed by atoms with E-state index >= 15 is 0 Å². The van der Waals surface area contributed by atoms with Gasteiger partial charge in [0.25, 0.3) is 0 Å². The Bertz CT molecular complexity index is 1230. The van der Waals surface area contributed by atoms with Gasteiger partial charge in [-0.05, 0) is 49.4 Å². The lowest BCUT2D eigenvalue weighted by atomic mass is 10.1. The molecule has 0 saturated heterocycles. The summed E-state index contributed by atoms with van der Waals surface area (Å²) in [5.74, 6) is -1.03. The summed E-state index contributed by atoms with van der Waals surface area (Å²) in [5, 5.41) is 7.54. The Labute approximate surface area is 181 Å². The number of carbonyl (C=O) groups is 1. The average Bonchev–Trinajstić information content (AvgIpc) is 3.20. The molecule has 0 aliphatic rings. The lowest BCUT2D eigenvalue weighted by molar-refractivity contribution is -0.113. The standard InChI is InChI=1S/C22H18F2N4O2S/c1-2-30-16-6-3-14(4-7-16)18-12-20-22(25-9-10-28(20)27-18)31-13-21(29)26-19-11-15(23)5-8-17(19)24/h3-12H,2,13H2,1H3,(H,26,29). The first-order valence-electron chi connectivity index (χ1n) is 9.49. The fourth-order valence-corrected chi connectivity index (χ4v) is 3.73. The molecule has 0 aliphatic heterocycles. The fourth-order valence-electron chi connectivity index (χ4n) is 2.95. The first kappa shape index (κ1) is 20.8. The van der Waals surface area contributed by atoms with Crippen LogP contribution < -0.4 is 10.1 Å². The Balaban J connectivity index is 1.49. The number of hydrogen-bond donors (Lipinski definition) is 1. The number of carbonyl (C=O) groups excluding carboxylic acids is 1. The normalized spacial score (nSPS) is 10.9. The summed E-state index contributed by atoms with van der Waals surface area (Å²) in [6, 6.07) is 12.4. The molecule has 31 heavy (non-hydrogen) atoms. The van der Waals surface area contributed by atoms with Gasteiger partial charge < -0.3 is 10.1 Å². The van der Waals surface area contributed by atoms with E-state index in [4.69, 9.17) is 4.74 Å². The van der Waals surface area contributed by atoms with Gasteiger partial charge in [0.1, 0.15) is 22.4 Å². The van der Waals surface area contributed by atoms with Crippen molar-refractivity contribution in [1.82, 2.24) is 14.6 Å². The largest absolute Gasteiger partial charge is 0.494 e. The van der Waals surface area contributed by atoms with Gasteiger partial charge in [-0.2, -0.15) is 5.10 Å². The lowest BCUT2D eigenvalue weighted by Gasteiger charge is -2.06. The van der Waals surface area contributed by atoms with Crippen LogP contribution in [0.5, 0.6) is 5.75 Å². The van der Waals surface area contributed by atoms with E-state index in [9.17, 15) is 13.6 Å².